The third kappa shape index (κ3) is 2.84. The van der Waals surface area contributed by atoms with Crippen LogP contribution in [0.15, 0.2) is 30.5 Å². The maximum atomic E-state index is 8.65. The summed E-state index contributed by atoms with van der Waals surface area (Å²) < 4.78 is 0. The van der Waals surface area contributed by atoms with Crippen molar-refractivity contribution < 1.29 is 5.11 Å². The summed E-state index contributed by atoms with van der Waals surface area (Å²) in [4.78, 5) is 3.21. The number of hydrogen-bond donors (Lipinski definition) is 3. The lowest BCUT2D eigenvalue weighted by Gasteiger charge is -2.04. The maximum absolute atomic E-state index is 8.65. The van der Waals surface area contributed by atoms with Crippen LogP contribution in [0.2, 0.25) is 0 Å². The van der Waals surface area contributed by atoms with Gasteiger partial charge < -0.3 is 15.4 Å². The van der Waals surface area contributed by atoms with Crippen LogP contribution in [0.5, 0.6) is 0 Å². The highest BCUT2D eigenvalue weighted by atomic mass is 16.2. The van der Waals surface area contributed by atoms with E-state index in [1.165, 1.54) is 16.5 Å². The number of unbranched alkanes of at least 4 members (excludes halogenated alkanes) is 1. The van der Waals surface area contributed by atoms with E-state index in [-0.39, 0.29) is 6.61 Å². The minimum atomic E-state index is 0.288. The molecule has 0 aliphatic heterocycles. The molecule has 1 heterocycles. The molecular weight excluding hydrogens is 200 g/mol. The van der Waals surface area contributed by atoms with E-state index in [9.17, 15) is 0 Å². The highest BCUT2D eigenvalue weighted by molar-refractivity contribution is 5.79. The quantitative estimate of drug-likeness (QED) is 0.650. The highest BCUT2D eigenvalue weighted by Crippen LogP contribution is 2.13. The number of aliphatic hydroxyl groups excluding tert-OH is 1. The van der Waals surface area contributed by atoms with Gasteiger partial charge in [-0.3, -0.25) is 0 Å². The Kier molecular flexibility index (Phi) is 3.97. The molecule has 0 aliphatic rings. The van der Waals surface area contributed by atoms with Gasteiger partial charge in [-0.1, -0.05) is 12.1 Å². The van der Waals surface area contributed by atoms with Crippen LogP contribution in [0, 0.1) is 0 Å². The summed E-state index contributed by atoms with van der Waals surface area (Å²) >= 11 is 0. The first kappa shape index (κ1) is 11.2. The zero-order valence-electron chi connectivity index (χ0n) is 9.37. The van der Waals surface area contributed by atoms with Crippen molar-refractivity contribution >= 4 is 10.9 Å². The number of hydrogen-bond acceptors (Lipinski definition) is 2. The van der Waals surface area contributed by atoms with Gasteiger partial charge in [-0.05, 0) is 42.5 Å². The van der Waals surface area contributed by atoms with E-state index in [1.807, 2.05) is 6.20 Å². The van der Waals surface area contributed by atoms with E-state index in [4.69, 9.17) is 5.11 Å². The Hall–Kier alpha value is -1.32. The predicted molar refractivity (Wildman–Crippen MR) is 66.3 cm³/mol. The number of aliphatic hydroxyl groups is 1. The van der Waals surface area contributed by atoms with Gasteiger partial charge in [0.25, 0.3) is 0 Å². The van der Waals surface area contributed by atoms with Crippen LogP contribution in [-0.2, 0) is 6.54 Å². The minimum absolute atomic E-state index is 0.288. The topological polar surface area (TPSA) is 48.0 Å². The SMILES string of the molecule is OCCCCNCc1ccc2cc[nH]c2c1. The van der Waals surface area contributed by atoms with Gasteiger partial charge >= 0.3 is 0 Å². The average Bonchev–Trinajstić information content (AvgIpc) is 2.76. The molecule has 1 aromatic carbocycles. The predicted octanol–water partition coefficient (Wildman–Crippen LogP) is 2.03. The van der Waals surface area contributed by atoms with Crippen LogP contribution >= 0.6 is 0 Å². The Labute approximate surface area is 95.5 Å². The first-order valence-corrected chi connectivity index (χ1v) is 5.78. The molecule has 0 saturated heterocycles. The number of aromatic nitrogens is 1. The molecule has 0 amide bonds. The fraction of sp³-hybridized carbons (Fsp3) is 0.385. The molecule has 3 heteroatoms. The molecule has 0 spiro atoms. The summed E-state index contributed by atoms with van der Waals surface area (Å²) in [5.41, 5.74) is 2.48. The van der Waals surface area contributed by atoms with Crippen molar-refractivity contribution in [1.82, 2.24) is 10.3 Å². The van der Waals surface area contributed by atoms with Gasteiger partial charge in [0.05, 0.1) is 0 Å². The maximum Gasteiger partial charge on any atom is 0.0457 e. The first-order valence-electron chi connectivity index (χ1n) is 5.78. The van der Waals surface area contributed by atoms with Crippen molar-refractivity contribution in [2.45, 2.75) is 19.4 Å². The molecule has 86 valence electrons. The van der Waals surface area contributed by atoms with E-state index < -0.39 is 0 Å². The number of nitrogens with one attached hydrogen (secondary N) is 2. The van der Waals surface area contributed by atoms with Crippen LogP contribution in [0.25, 0.3) is 10.9 Å². The van der Waals surface area contributed by atoms with Gasteiger partial charge in [0.2, 0.25) is 0 Å². The molecule has 2 rings (SSSR count). The standard InChI is InChI=1S/C13H18N2O/c16-8-2-1-6-14-10-11-3-4-12-5-7-15-13(12)9-11/h3-5,7,9,14-16H,1-2,6,8,10H2. The molecule has 0 bridgehead atoms. The van der Waals surface area contributed by atoms with Gasteiger partial charge in [-0.25, -0.2) is 0 Å². The molecular formula is C13H18N2O. The number of aromatic amines is 1. The zero-order valence-corrected chi connectivity index (χ0v) is 9.37. The lowest BCUT2D eigenvalue weighted by Crippen LogP contribution is -2.14. The third-order valence-corrected chi connectivity index (χ3v) is 2.71. The molecule has 0 unspecified atom stereocenters. The highest BCUT2D eigenvalue weighted by Gasteiger charge is 1.96. The summed E-state index contributed by atoms with van der Waals surface area (Å²) in [7, 11) is 0. The Morgan fingerprint density at radius 3 is 3.00 bits per heavy atom. The summed E-state index contributed by atoms with van der Waals surface area (Å²) in [5.74, 6) is 0. The molecule has 0 aliphatic carbocycles. The second-order valence-corrected chi connectivity index (χ2v) is 4.01. The van der Waals surface area contributed by atoms with Crippen LogP contribution in [-0.4, -0.2) is 23.2 Å². The van der Waals surface area contributed by atoms with Crippen molar-refractivity contribution in [1.29, 1.82) is 0 Å². The normalized spacial score (nSPS) is 11.1. The van der Waals surface area contributed by atoms with Crippen LogP contribution < -0.4 is 5.32 Å². The van der Waals surface area contributed by atoms with Gasteiger partial charge in [0.1, 0.15) is 0 Å². The van der Waals surface area contributed by atoms with Gasteiger partial charge in [0, 0.05) is 24.9 Å². The summed E-state index contributed by atoms with van der Waals surface area (Å²) in [5, 5.41) is 13.3. The number of fused-ring (bicyclic) bond motifs is 1. The monoisotopic (exact) mass is 218 g/mol. The molecule has 2 aromatic rings. The van der Waals surface area contributed by atoms with E-state index in [2.05, 4.69) is 34.6 Å². The van der Waals surface area contributed by atoms with E-state index in [0.29, 0.717) is 0 Å². The van der Waals surface area contributed by atoms with Crippen LogP contribution in [0.3, 0.4) is 0 Å². The molecule has 0 radical (unpaired) electrons. The van der Waals surface area contributed by atoms with Crippen molar-refractivity contribution in [2.75, 3.05) is 13.2 Å². The van der Waals surface area contributed by atoms with Gasteiger partial charge in [0.15, 0.2) is 0 Å². The lowest BCUT2D eigenvalue weighted by atomic mass is 10.1. The number of rotatable bonds is 6. The Bertz CT molecular complexity index is 436. The Morgan fingerprint density at radius 2 is 2.12 bits per heavy atom. The Balaban J connectivity index is 1.84. The second-order valence-electron chi connectivity index (χ2n) is 4.01. The summed E-state index contributed by atoms with van der Waals surface area (Å²) in [6.45, 7) is 2.14. The smallest absolute Gasteiger partial charge is 0.0457 e. The fourth-order valence-electron chi connectivity index (χ4n) is 1.80. The number of benzene rings is 1. The minimum Gasteiger partial charge on any atom is -0.396 e. The number of H-pyrrole nitrogens is 1. The van der Waals surface area contributed by atoms with Crippen molar-refractivity contribution in [3.8, 4) is 0 Å². The van der Waals surface area contributed by atoms with Crippen LogP contribution in [0.4, 0.5) is 0 Å². The summed E-state index contributed by atoms with van der Waals surface area (Å²) in [6, 6.07) is 8.54. The van der Waals surface area contributed by atoms with Crippen molar-refractivity contribution in [2.24, 2.45) is 0 Å². The zero-order chi connectivity index (χ0) is 11.2. The first-order chi connectivity index (χ1) is 7.90. The van der Waals surface area contributed by atoms with E-state index >= 15 is 0 Å². The molecule has 0 fully saturated rings. The molecule has 16 heavy (non-hydrogen) atoms. The average molecular weight is 218 g/mol. The fourth-order valence-corrected chi connectivity index (χ4v) is 1.80. The molecule has 1 aromatic heterocycles. The molecule has 0 saturated carbocycles. The second kappa shape index (κ2) is 5.68. The summed E-state index contributed by atoms with van der Waals surface area (Å²) in [6.07, 6.45) is 3.87. The van der Waals surface area contributed by atoms with E-state index in [1.54, 1.807) is 0 Å². The van der Waals surface area contributed by atoms with Crippen molar-refractivity contribution in [3.05, 3.63) is 36.0 Å². The van der Waals surface area contributed by atoms with Crippen LogP contribution in [0.1, 0.15) is 18.4 Å². The Morgan fingerprint density at radius 1 is 1.19 bits per heavy atom. The van der Waals surface area contributed by atoms with E-state index in [0.717, 1.165) is 25.9 Å². The lowest BCUT2D eigenvalue weighted by molar-refractivity contribution is 0.283. The largest absolute Gasteiger partial charge is 0.396 e. The van der Waals surface area contributed by atoms with Gasteiger partial charge in [-0.2, -0.15) is 0 Å². The molecule has 3 nitrogen and oxygen atoms in total. The molecule has 3 N–H and O–H groups in total. The van der Waals surface area contributed by atoms with Gasteiger partial charge in [-0.15, -0.1) is 0 Å². The third-order valence-electron chi connectivity index (χ3n) is 2.71. The molecule has 0 atom stereocenters. The van der Waals surface area contributed by atoms with Crippen molar-refractivity contribution in [3.63, 3.8) is 0 Å².